The molecule has 0 aliphatic carbocycles. The number of carbonyl (C=O) groups is 5. The summed E-state index contributed by atoms with van der Waals surface area (Å²) in [6, 6.07) is 19.9. The van der Waals surface area contributed by atoms with Crippen LogP contribution in [0.15, 0.2) is 78.3 Å². The number of benzene rings is 3. The third kappa shape index (κ3) is 13.2. The molecule has 1 aliphatic rings. The number of para-hydroxylation sites is 2. The molecule has 0 spiro atoms. The summed E-state index contributed by atoms with van der Waals surface area (Å²) in [7, 11) is 0. The van der Waals surface area contributed by atoms with E-state index >= 15 is 0 Å². The van der Waals surface area contributed by atoms with Gasteiger partial charge in [0, 0.05) is 43.6 Å². The second-order valence-corrected chi connectivity index (χ2v) is 17.4. The number of thiazole rings is 1. The van der Waals surface area contributed by atoms with Crippen molar-refractivity contribution in [1.82, 2.24) is 20.5 Å². The number of aliphatic hydroxyl groups is 1. The molecule has 1 aliphatic heterocycles. The van der Waals surface area contributed by atoms with Gasteiger partial charge in [0.25, 0.3) is 5.91 Å². The summed E-state index contributed by atoms with van der Waals surface area (Å²) < 4.78 is 0. The van der Waals surface area contributed by atoms with E-state index in [1.54, 1.807) is 59.9 Å². The normalized spacial score (nSPS) is 15.6. The summed E-state index contributed by atoms with van der Waals surface area (Å²) in [5, 5.41) is 22.1. The number of aromatic nitrogens is 1. The van der Waals surface area contributed by atoms with E-state index in [4.69, 9.17) is 5.73 Å². The van der Waals surface area contributed by atoms with Gasteiger partial charge in [-0.25, -0.2) is 4.98 Å². The van der Waals surface area contributed by atoms with Crippen LogP contribution in [-0.4, -0.2) is 69.3 Å². The minimum absolute atomic E-state index is 0.0225. The third-order valence-electron chi connectivity index (χ3n) is 10.7. The van der Waals surface area contributed by atoms with Gasteiger partial charge in [0.15, 0.2) is 0 Å². The van der Waals surface area contributed by atoms with Crippen LogP contribution in [0.2, 0.25) is 0 Å². The Hall–Kier alpha value is -5.60. The molecule has 0 unspecified atom stereocenters. The zero-order valence-electron chi connectivity index (χ0n) is 35.1. The molecular weight excluding hydrogens is 779 g/mol. The number of β-amino-alcohol motifs (C(OH)–C–C–N with tert-alkyl or cyclic N) is 1. The highest BCUT2D eigenvalue weighted by atomic mass is 32.1. The Bertz CT molecular complexity index is 2080. The number of nitrogens with one attached hydrogen (secondary N) is 4. The molecular formula is C46H59N7O6S. The molecule has 1 saturated heterocycles. The van der Waals surface area contributed by atoms with Gasteiger partial charge in [0.1, 0.15) is 12.1 Å². The van der Waals surface area contributed by atoms with Crippen molar-refractivity contribution in [1.29, 1.82) is 0 Å². The molecule has 320 valence electrons. The maximum Gasteiger partial charge on any atom is 0.255 e. The quantitative estimate of drug-likeness (QED) is 0.0421. The number of rotatable bonds is 19. The van der Waals surface area contributed by atoms with Crippen molar-refractivity contribution in [2.75, 3.05) is 22.9 Å². The van der Waals surface area contributed by atoms with Crippen molar-refractivity contribution < 1.29 is 29.1 Å². The van der Waals surface area contributed by atoms with Crippen LogP contribution in [0.1, 0.15) is 107 Å². The SMILES string of the molecule is Cc1ncsc1-c1ccc(CNC(=O)[C@@H]2C[C@@H](O)CN2C(=O)[C@@H](NC(=O)CCCCCCCCCC(=O)Nc2ccc(C(=O)Nc3ccccc3N)cc2)C(C)(C)C)cc1. The summed E-state index contributed by atoms with van der Waals surface area (Å²) in [4.78, 5) is 72.3. The van der Waals surface area contributed by atoms with Gasteiger partial charge in [0.2, 0.25) is 23.6 Å². The van der Waals surface area contributed by atoms with E-state index in [-0.39, 0.29) is 55.5 Å². The van der Waals surface area contributed by atoms with E-state index in [0.717, 1.165) is 60.2 Å². The summed E-state index contributed by atoms with van der Waals surface area (Å²) in [6.45, 7) is 7.90. The summed E-state index contributed by atoms with van der Waals surface area (Å²) in [6.07, 6.45) is 6.10. The number of nitrogen functional groups attached to an aromatic ring is 1. The summed E-state index contributed by atoms with van der Waals surface area (Å²) in [5.41, 5.74) is 12.1. The van der Waals surface area contributed by atoms with Gasteiger partial charge in [-0.3, -0.25) is 24.0 Å². The predicted octanol–water partition coefficient (Wildman–Crippen LogP) is 7.21. The first-order valence-electron chi connectivity index (χ1n) is 20.8. The average molecular weight is 838 g/mol. The average Bonchev–Trinajstić information content (AvgIpc) is 3.84. The smallest absolute Gasteiger partial charge is 0.255 e. The Balaban J connectivity index is 0.962. The van der Waals surface area contributed by atoms with E-state index in [1.807, 2.05) is 57.5 Å². The number of amides is 5. The molecule has 0 bridgehead atoms. The predicted molar refractivity (Wildman–Crippen MR) is 237 cm³/mol. The fourth-order valence-electron chi connectivity index (χ4n) is 7.20. The topological polar surface area (TPSA) is 196 Å². The van der Waals surface area contributed by atoms with Crippen LogP contribution >= 0.6 is 11.3 Å². The molecule has 1 fully saturated rings. The molecule has 1 aromatic heterocycles. The van der Waals surface area contributed by atoms with E-state index in [9.17, 15) is 29.1 Å². The second-order valence-electron chi connectivity index (χ2n) is 16.6. The van der Waals surface area contributed by atoms with Crippen LogP contribution < -0.4 is 27.0 Å². The van der Waals surface area contributed by atoms with Crippen molar-refractivity contribution >= 4 is 57.9 Å². The van der Waals surface area contributed by atoms with Crippen molar-refractivity contribution in [3.8, 4) is 10.4 Å². The lowest BCUT2D eigenvalue weighted by Crippen LogP contribution is -2.57. The maximum atomic E-state index is 13.9. The van der Waals surface area contributed by atoms with Gasteiger partial charge < -0.3 is 37.0 Å². The molecule has 7 N–H and O–H groups in total. The van der Waals surface area contributed by atoms with E-state index in [1.165, 1.54) is 4.90 Å². The van der Waals surface area contributed by atoms with Gasteiger partial charge in [0.05, 0.1) is 33.6 Å². The Morgan fingerprint density at radius 1 is 0.850 bits per heavy atom. The van der Waals surface area contributed by atoms with Gasteiger partial charge >= 0.3 is 0 Å². The first-order chi connectivity index (χ1) is 28.7. The Labute approximate surface area is 356 Å². The second kappa shape index (κ2) is 21.6. The molecule has 5 amide bonds. The maximum absolute atomic E-state index is 13.9. The third-order valence-corrected chi connectivity index (χ3v) is 11.6. The van der Waals surface area contributed by atoms with Crippen molar-refractivity contribution in [3.05, 3.63) is 95.1 Å². The first-order valence-corrected chi connectivity index (χ1v) is 21.7. The summed E-state index contributed by atoms with van der Waals surface area (Å²) >= 11 is 1.58. The highest BCUT2D eigenvalue weighted by Crippen LogP contribution is 2.29. The Kier molecular flexibility index (Phi) is 16.4. The van der Waals surface area contributed by atoms with Gasteiger partial charge in [-0.05, 0) is 72.7 Å². The van der Waals surface area contributed by atoms with Gasteiger partial charge in [-0.15, -0.1) is 11.3 Å². The van der Waals surface area contributed by atoms with Crippen LogP contribution in [0.3, 0.4) is 0 Å². The van der Waals surface area contributed by atoms with Crippen LogP contribution in [0.25, 0.3) is 10.4 Å². The fourth-order valence-corrected chi connectivity index (χ4v) is 8.01. The largest absolute Gasteiger partial charge is 0.397 e. The highest BCUT2D eigenvalue weighted by molar-refractivity contribution is 7.13. The number of aliphatic hydroxyl groups excluding tert-OH is 1. The minimum atomic E-state index is -0.864. The molecule has 4 aromatic rings. The van der Waals surface area contributed by atoms with Crippen molar-refractivity contribution in [3.63, 3.8) is 0 Å². The number of anilines is 3. The highest BCUT2D eigenvalue weighted by Gasteiger charge is 2.44. The monoisotopic (exact) mass is 837 g/mol. The number of hydrogen-bond acceptors (Lipinski definition) is 9. The molecule has 60 heavy (non-hydrogen) atoms. The van der Waals surface area contributed by atoms with E-state index in [0.29, 0.717) is 35.5 Å². The van der Waals surface area contributed by atoms with Crippen LogP contribution in [0, 0.1) is 12.3 Å². The molecule has 3 atom stereocenters. The Morgan fingerprint density at radius 2 is 1.48 bits per heavy atom. The molecule has 2 heterocycles. The minimum Gasteiger partial charge on any atom is -0.397 e. The molecule has 3 aromatic carbocycles. The van der Waals surface area contributed by atoms with Gasteiger partial charge in [-0.1, -0.05) is 89.3 Å². The lowest BCUT2D eigenvalue weighted by atomic mass is 9.85. The number of likely N-dealkylation sites (tertiary alicyclic amines) is 1. The molecule has 0 saturated carbocycles. The van der Waals surface area contributed by atoms with Crippen molar-refractivity contribution in [2.45, 2.75) is 117 Å². The Morgan fingerprint density at radius 3 is 2.10 bits per heavy atom. The number of aryl methyl sites for hydroxylation is 1. The molecule has 13 nitrogen and oxygen atoms in total. The number of hydrogen-bond donors (Lipinski definition) is 6. The first kappa shape index (κ1) is 45.5. The number of nitrogens with zero attached hydrogens (tertiary/aromatic N) is 2. The van der Waals surface area contributed by atoms with E-state index in [2.05, 4.69) is 26.3 Å². The zero-order valence-corrected chi connectivity index (χ0v) is 35.9. The summed E-state index contributed by atoms with van der Waals surface area (Å²) in [5.74, 6) is -1.31. The fraction of sp³-hybridized carbons (Fsp3) is 0.435. The molecule has 5 rings (SSSR count). The van der Waals surface area contributed by atoms with Gasteiger partial charge in [-0.2, -0.15) is 0 Å². The molecule has 0 radical (unpaired) electrons. The van der Waals surface area contributed by atoms with Crippen LogP contribution in [0.4, 0.5) is 17.1 Å². The molecule has 14 heteroatoms. The van der Waals surface area contributed by atoms with Crippen molar-refractivity contribution in [2.24, 2.45) is 5.41 Å². The number of nitrogens with two attached hydrogens (primary N) is 1. The van der Waals surface area contributed by atoms with Crippen LogP contribution in [-0.2, 0) is 25.7 Å². The van der Waals surface area contributed by atoms with Crippen LogP contribution in [0.5, 0.6) is 0 Å². The lowest BCUT2D eigenvalue weighted by Gasteiger charge is -2.35. The van der Waals surface area contributed by atoms with E-state index < -0.39 is 23.6 Å². The zero-order chi connectivity index (χ0) is 43.2. The standard InChI is InChI=1S/C46H59N7O6S/c1-30-41(60-29-49-30)32-20-18-31(19-21-32)27-48-44(58)38-26-35(54)28-53(38)45(59)42(46(2,3)4)52-40(56)17-11-9-7-5-6-8-10-16-39(55)50-34-24-22-33(23-25-34)43(57)51-37-15-13-12-14-36(37)47/h12-15,18-25,29,35,38,42,54H,5-11,16-17,26-28,47H2,1-4H3,(H,48,58)(H,50,55)(H,51,57)(H,52,56)/t35-,38+,42-/m1/s1. The lowest BCUT2D eigenvalue weighted by molar-refractivity contribution is -0.144. The number of unbranched alkanes of at least 4 members (excludes halogenated alkanes) is 6. The number of carbonyl (C=O) groups excluding carboxylic acids is 5.